The molecular weight excluding hydrogens is 250 g/mol. The van der Waals surface area contributed by atoms with Crippen LogP contribution in [0.25, 0.3) is 0 Å². The van der Waals surface area contributed by atoms with Gasteiger partial charge in [-0.25, -0.2) is 0 Å². The van der Waals surface area contributed by atoms with Gasteiger partial charge in [-0.3, -0.25) is 4.79 Å². The second-order valence-corrected chi connectivity index (χ2v) is 5.08. The second-order valence-electron chi connectivity index (χ2n) is 5.08. The number of hydrogen-bond donors (Lipinski definition) is 2. The van der Waals surface area contributed by atoms with E-state index in [4.69, 9.17) is 11.5 Å². The number of rotatable bonds is 1. The highest BCUT2D eigenvalue weighted by Gasteiger charge is 2.23. The van der Waals surface area contributed by atoms with Crippen molar-refractivity contribution >= 4 is 23.0 Å². The van der Waals surface area contributed by atoms with E-state index < -0.39 is 0 Å². The number of amides is 1. The van der Waals surface area contributed by atoms with Crippen LogP contribution in [-0.2, 0) is 6.42 Å². The Balaban J connectivity index is 1.99. The summed E-state index contributed by atoms with van der Waals surface area (Å²) in [7, 11) is 0. The molecule has 1 aliphatic heterocycles. The monoisotopic (exact) mass is 267 g/mol. The maximum Gasteiger partial charge on any atom is 0.258 e. The lowest BCUT2D eigenvalue weighted by molar-refractivity contribution is 0.0985. The maximum absolute atomic E-state index is 12.7. The number of benzene rings is 2. The van der Waals surface area contributed by atoms with Gasteiger partial charge in [-0.1, -0.05) is 18.2 Å². The van der Waals surface area contributed by atoms with Gasteiger partial charge in [0, 0.05) is 29.2 Å². The first-order valence-electron chi connectivity index (χ1n) is 6.71. The molecule has 1 heterocycles. The number of anilines is 3. The van der Waals surface area contributed by atoms with Gasteiger partial charge < -0.3 is 16.4 Å². The van der Waals surface area contributed by atoms with Crippen molar-refractivity contribution in [2.24, 2.45) is 0 Å². The predicted molar refractivity (Wildman–Crippen MR) is 81.7 cm³/mol. The first-order chi connectivity index (χ1) is 9.65. The van der Waals surface area contributed by atoms with Gasteiger partial charge >= 0.3 is 0 Å². The zero-order valence-corrected chi connectivity index (χ0v) is 11.2. The molecule has 4 N–H and O–H groups in total. The summed E-state index contributed by atoms with van der Waals surface area (Å²) in [6.07, 6.45) is 1.99. The van der Waals surface area contributed by atoms with Gasteiger partial charge in [0.15, 0.2) is 0 Å². The lowest BCUT2D eigenvalue weighted by Crippen LogP contribution is -2.35. The largest absolute Gasteiger partial charge is 0.399 e. The average molecular weight is 267 g/mol. The molecule has 102 valence electrons. The summed E-state index contributed by atoms with van der Waals surface area (Å²) < 4.78 is 0. The van der Waals surface area contributed by atoms with Crippen LogP contribution in [0.2, 0.25) is 0 Å². The van der Waals surface area contributed by atoms with E-state index in [9.17, 15) is 4.79 Å². The van der Waals surface area contributed by atoms with Crippen LogP contribution in [0.1, 0.15) is 22.3 Å². The summed E-state index contributed by atoms with van der Waals surface area (Å²) in [5, 5.41) is 0. The quantitative estimate of drug-likeness (QED) is 0.779. The molecule has 0 radical (unpaired) electrons. The Morgan fingerprint density at radius 1 is 1.05 bits per heavy atom. The normalized spacial score (nSPS) is 13.9. The number of hydrogen-bond acceptors (Lipinski definition) is 3. The molecule has 20 heavy (non-hydrogen) atoms. The minimum Gasteiger partial charge on any atom is -0.399 e. The molecule has 0 bridgehead atoms. The minimum absolute atomic E-state index is 0.0452. The summed E-state index contributed by atoms with van der Waals surface area (Å²) in [5.74, 6) is -0.0452. The van der Waals surface area contributed by atoms with E-state index in [1.165, 1.54) is 5.56 Å². The zero-order valence-electron chi connectivity index (χ0n) is 11.2. The smallest absolute Gasteiger partial charge is 0.258 e. The van der Waals surface area contributed by atoms with Crippen LogP contribution in [0.4, 0.5) is 17.1 Å². The summed E-state index contributed by atoms with van der Waals surface area (Å²) in [6.45, 7) is 0.727. The van der Waals surface area contributed by atoms with E-state index in [-0.39, 0.29) is 5.91 Å². The predicted octanol–water partition coefficient (Wildman–Crippen LogP) is 2.44. The highest BCUT2D eigenvalue weighted by Crippen LogP contribution is 2.28. The molecule has 0 atom stereocenters. The first kappa shape index (κ1) is 12.5. The van der Waals surface area contributed by atoms with Gasteiger partial charge in [0.25, 0.3) is 5.91 Å². The third-order valence-electron chi connectivity index (χ3n) is 3.58. The Kier molecular flexibility index (Phi) is 3.06. The van der Waals surface area contributed by atoms with Crippen molar-refractivity contribution in [3.8, 4) is 0 Å². The standard InChI is InChI=1S/C16H17N3O/c17-13-8-12(9-14(18)10-13)16(20)19-7-3-5-11-4-1-2-6-15(11)19/h1-2,4,6,8-10H,3,5,7,17-18H2. The van der Waals surface area contributed by atoms with E-state index in [0.717, 1.165) is 25.1 Å². The lowest BCUT2D eigenvalue weighted by Gasteiger charge is -2.29. The van der Waals surface area contributed by atoms with Gasteiger partial charge in [0.1, 0.15) is 0 Å². The van der Waals surface area contributed by atoms with Crippen LogP contribution in [0.15, 0.2) is 42.5 Å². The summed E-state index contributed by atoms with van der Waals surface area (Å²) in [4.78, 5) is 14.5. The topological polar surface area (TPSA) is 72.3 Å². The second kappa shape index (κ2) is 4.89. The van der Waals surface area contributed by atoms with Crippen molar-refractivity contribution in [2.45, 2.75) is 12.8 Å². The molecule has 1 amide bonds. The molecule has 0 aliphatic carbocycles. The van der Waals surface area contributed by atoms with Crippen molar-refractivity contribution < 1.29 is 4.79 Å². The van der Waals surface area contributed by atoms with E-state index >= 15 is 0 Å². The molecule has 0 fully saturated rings. The molecule has 0 aromatic heterocycles. The van der Waals surface area contributed by atoms with Crippen molar-refractivity contribution in [2.75, 3.05) is 22.9 Å². The van der Waals surface area contributed by atoms with Crippen molar-refractivity contribution in [1.82, 2.24) is 0 Å². The Hall–Kier alpha value is -2.49. The number of carbonyl (C=O) groups excluding carboxylic acids is 1. The summed E-state index contributed by atoms with van der Waals surface area (Å²) in [5.41, 5.74) is 15.3. The number of fused-ring (bicyclic) bond motifs is 1. The molecular formula is C16H17N3O. The summed E-state index contributed by atoms with van der Waals surface area (Å²) >= 11 is 0. The fourth-order valence-corrected chi connectivity index (χ4v) is 2.70. The molecule has 0 saturated carbocycles. The molecule has 4 heteroatoms. The van der Waals surface area contributed by atoms with Crippen LogP contribution in [0.3, 0.4) is 0 Å². The number of para-hydroxylation sites is 1. The van der Waals surface area contributed by atoms with E-state index in [0.29, 0.717) is 16.9 Å². The van der Waals surface area contributed by atoms with Gasteiger partial charge in [-0.2, -0.15) is 0 Å². The fourth-order valence-electron chi connectivity index (χ4n) is 2.70. The molecule has 2 aromatic carbocycles. The van der Waals surface area contributed by atoms with Crippen molar-refractivity contribution in [1.29, 1.82) is 0 Å². The molecule has 2 aromatic rings. The third kappa shape index (κ3) is 2.20. The highest BCUT2D eigenvalue weighted by molar-refractivity contribution is 6.07. The summed E-state index contributed by atoms with van der Waals surface area (Å²) in [6, 6.07) is 13.0. The third-order valence-corrected chi connectivity index (χ3v) is 3.58. The van der Waals surface area contributed by atoms with E-state index in [2.05, 4.69) is 6.07 Å². The van der Waals surface area contributed by atoms with Crippen LogP contribution >= 0.6 is 0 Å². The van der Waals surface area contributed by atoms with Gasteiger partial charge in [-0.05, 0) is 42.7 Å². The zero-order chi connectivity index (χ0) is 14.1. The van der Waals surface area contributed by atoms with E-state index in [1.807, 2.05) is 23.1 Å². The van der Waals surface area contributed by atoms with Crippen molar-refractivity contribution in [3.63, 3.8) is 0 Å². The molecule has 0 saturated heterocycles. The first-order valence-corrected chi connectivity index (χ1v) is 6.71. The Morgan fingerprint density at radius 3 is 2.50 bits per heavy atom. The molecule has 0 unspecified atom stereocenters. The molecule has 4 nitrogen and oxygen atoms in total. The van der Waals surface area contributed by atoms with Gasteiger partial charge in [-0.15, -0.1) is 0 Å². The highest BCUT2D eigenvalue weighted by atomic mass is 16.2. The van der Waals surface area contributed by atoms with Crippen molar-refractivity contribution in [3.05, 3.63) is 53.6 Å². The number of nitrogens with zero attached hydrogens (tertiary/aromatic N) is 1. The molecule has 0 spiro atoms. The number of nitrogens with two attached hydrogens (primary N) is 2. The number of nitrogen functional groups attached to an aromatic ring is 2. The average Bonchev–Trinajstić information content (AvgIpc) is 2.45. The fraction of sp³-hybridized carbons (Fsp3) is 0.188. The maximum atomic E-state index is 12.7. The number of carbonyl (C=O) groups is 1. The SMILES string of the molecule is Nc1cc(N)cc(C(=O)N2CCCc3ccccc32)c1. The Bertz CT molecular complexity index is 646. The van der Waals surface area contributed by atoms with Crippen LogP contribution in [0.5, 0.6) is 0 Å². The Morgan fingerprint density at radius 2 is 1.75 bits per heavy atom. The van der Waals surface area contributed by atoms with Crippen LogP contribution in [0, 0.1) is 0 Å². The molecule has 1 aliphatic rings. The molecule has 3 rings (SSSR count). The minimum atomic E-state index is -0.0452. The van der Waals surface area contributed by atoms with Gasteiger partial charge in [0.2, 0.25) is 0 Å². The number of aryl methyl sites for hydroxylation is 1. The van der Waals surface area contributed by atoms with Crippen LogP contribution in [-0.4, -0.2) is 12.5 Å². The van der Waals surface area contributed by atoms with E-state index in [1.54, 1.807) is 18.2 Å². The van der Waals surface area contributed by atoms with Gasteiger partial charge in [0.05, 0.1) is 0 Å². The lowest BCUT2D eigenvalue weighted by atomic mass is 10.0. The Labute approximate surface area is 118 Å². The van der Waals surface area contributed by atoms with Crippen LogP contribution < -0.4 is 16.4 Å².